The minimum absolute atomic E-state index is 0.0169. The van der Waals surface area contributed by atoms with Gasteiger partial charge >= 0.3 is 5.70 Å². The third-order valence-corrected chi connectivity index (χ3v) is 4.79. The Morgan fingerprint density at radius 2 is 2.06 bits per heavy atom. The number of guanidine groups is 1. The molecule has 0 radical (unpaired) electrons. The lowest BCUT2D eigenvalue weighted by atomic mass is 10.2. The Morgan fingerprint density at radius 3 is 2.66 bits per heavy atom. The van der Waals surface area contributed by atoms with E-state index < -0.39 is 16.5 Å². The number of rotatable bonds is 7. The molecule has 1 heterocycles. The van der Waals surface area contributed by atoms with Gasteiger partial charge in [-0.1, -0.05) is 23.7 Å². The van der Waals surface area contributed by atoms with Gasteiger partial charge in [-0.05, 0) is 56.7 Å². The van der Waals surface area contributed by atoms with Gasteiger partial charge in [-0.3, -0.25) is 10.1 Å². The quantitative estimate of drug-likeness (QED) is 0.133. The SMILES string of the molecule is CC(C)NC([O-])=C1NC(Nc2ccccc2Cl)=NC(N=C(N)C=C(N)C2CC2)=C1[N+](=O)[O-]. The van der Waals surface area contributed by atoms with Crippen LogP contribution in [0.25, 0.3) is 0 Å². The Balaban J connectivity index is 2.10. The summed E-state index contributed by atoms with van der Waals surface area (Å²) in [5.41, 5.74) is 12.0. The maximum absolute atomic E-state index is 12.7. The van der Waals surface area contributed by atoms with Gasteiger partial charge in [0.25, 0.3) is 0 Å². The molecule has 0 spiro atoms. The third kappa shape index (κ3) is 5.70. The molecule has 2 aliphatic rings. The maximum Gasteiger partial charge on any atom is 0.337 e. The summed E-state index contributed by atoms with van der Waals surface area (Å²) < 4.78 is 0. The highest BCUT2D eigenvalue weighted by molar-refractivity contribution is 6.33. The summed E-state index contributed by atoms with van der Waals surface area (Å²) in [4.78, 5) is 19.4. The molecule has 0 bridgehead atoms. The number of nitrogens with one attached hydrogen (secondary N) is 3. The van der Waals surface area contributed by atoms with Crippen molar-refractivity contribution in [2.24, 2.45) is 27.4 Å². The van der Waals surface area contributed by atoms with Gasteiger partial charge in [-0.15, -0.1) is 0 Å². The number of halogens is 1. The Kier molecular flexibility index (Phi) is 6.89. The fourth-order valence-electron chi connectivity index (χ4n) is 2.83. The van der Waals surface area contributed by atoms with Gasteiger partial charge in [-0.25, -0.2) is 4.99 Å². The molecule has 1 saturated carbocycles. The van der Waals surface area contributed by atoms with Crippen LogP contribution in [0.2, 0.25) is 5.02 Å². The first-order chi connectivity index (χ1) is 15.2. The molecular weight excluding hydrogens is 436 g/mol. The first-order valence-electron chi connectivity index (χ1n) is 9.91. The largest absolute Gasteiger partial charge is 0.859 e. The molecule has 0 amide bonds. The van der Waals surface area contributed by atoms with Crippen molar-refractivity contribution in [3.05, 3.63) is 74.3 Å². The van der Waals surface area contributed by atoms with Crippen LogP contribution in [0, 0.1) is 16.0 Å². The third-order valence-electron chi connectivity index (χ3n) is 4.46. The Labute approximate surface area is 189 Å². The van der Waals surface area contributed by atoms with Crippen LogP contribution in [0.5, 0.6) is 0 Å². The van der Waals surface area contributed by atoms with Gasteiger partial charge in [0.15, 0.2) is 0 Å². The molecule has 1 aromatic carbocycles. The number of anilines is 1. The van der Waals surface area contributed by atoms with Crippen LogP contribution in [-0.2, 0) is 0 Å². The van der Waals surface area contributed by atoms with E-state index in [1.807, 2.05) is 0 Å². The molecule has 3 rings (SSSR count). The van der Waals surface area contributed by atoms with E-state index >= 15 is 0 Å². The number of para-hydroxylation sites is 1. The van der Waals surface area contributed by atoms with E-state index in [0.717, 1.165) is 12.8 Å². The summed E-state index contributed by atoms with van der Waals surface area (Å²) in [6.07, 6.45) is 3.37. The summed E-state index contributed by atoms with van der Waals surface area (Å²) in [6, 6.07) is 6.57. The molecule has 0 unspecified atom stereocenters. The molecule has 7 N–H and O–H groups in total. The maximum atomic E-state index is 12.7. The molecular formula is C20H24ClN8O3-. The van der Waals surface area contributed by atoms with Crippen LogP contribution in [0.3, 0.4) is 0 Å². The average molecular weight is 460 g/mol. The van der Waals surface area contributed by atoms with Crippen molar-refractivity contribution >= 4 is 29.1 Å². The van der Waals surface area contributed by atoms with Gasteiger partial charge in [-0.2, -0.15) is 4.99 Å². The van der Waals surface area contributed by atoms with E-state index in [4.69, 9.17) is 23.1 Å². The molecule has 1 aliphatic carbocycles. The molecule has 1 fully saturated rings. The average Bonchev–Trinajstić information content (AvgIpc) is 3.54. The second-order valence-corrected chi connectivity index (χ2v) is 7.99. The number of nitrogens with two attached hydrogens (primary N) is 2. The van der Waals surface area contributed by atoms with Gasteiger partial charge in [0.05, 0.1) is 15.6 Å². The molecule has 0 saturated heterocycles. The minimum Gasteiger partial charge on any atom is -0.859 e. The summed E-state index contributed by atoms with van der Waals surface area (Å²) in [6.45, 7) is 3.46. The van der Waals surface area contributed by atoms with Crippen molar-refractivity contribution in [3.8, 4) is 0 Å². The van der Waals surface area contributed by atoms with Crippen LogP contribution in [0.1, 0.15) is 26.7 Å². The number of benzene rings is 1. The van der Waals surface area contributed by atoms with E-state index in [1.54, 1.807) is 38.1 Å². The Bertz CT molecular complexity index is 1070. The Hall–Kier alpha value is -3.73. The highest BCUT2D eigenvalue weighted by atomic mass is 35.5. The summed E-state index contributed by atoms with van der Waals surface area (Å²) in [5.74, 6) is -0.854. The zero-order chi connectivity index (χ0) is 23.4. The number of nitro groups is 1. The molecule has 0 aromatic heterocycles. The predicted octanol–water partition coefficient (Wildman–Crippen LogP) is 1.29. The molecule has 32 heavy (non-hydrogen) atoms. The summed E-state index contributed by atoms with van der Waals surface area (Å²) >= 11 is 6.18. The zero-order valence-electron chi connectivity index (χ0n) is 17.6. The van der Waals surface area contributed by atoms with E-state index in [1.165, 1.54) is 6.08 Å². The lowest BCUT2D eigenvalue weighted by molar-refractivity contribution is -0.424. The van der Waals surface area contributed by atoms with Crippen LogP contribution in [0.15, 0.2) is 69.1 Å². The standard InChI is InChI=1S/C20H25ClN8O3/c1-10(2)24-19(30)16-17(29(31)32)18(26-15(23)9-13(22)11-7-8-11)28-20(27-16)25-14-6-4-3-5-12(14)21/h3-6,9-11,24,30H,7-8,22H2,1-2H3,(H2,23,26)(H2,25,27,28)/p-1. The number of hydrogen-bond donors (Lipinski definition) is 5. The topological polar surface area (TPSA) is 179 Å². The smallest absolute Gasteiger partial charge is 0.337 e. The molecule has 170 valence electrons. The van der Waals surface area contributed by atoms with Gasteiger partial charge in [0, 0.05) is 11.7 Å². The molecule has 1 aromatic rings. The van der Waals surface area contributed by atoms with Crippen molar-refractivity contribution < 1.29 is 10.0 Å². The van der Waals surface area contributed by atoms with Gasteiger partial charge < -0.3 is 32.5 Å². The predicted molar refractivity (Wildman–Crippen MR) is 122 cm³/mol. The normalized spacial score (nSPS) is 18.8. The fraction of sp³-hybridized carbons (Fsp3) is 0.300. The van der Waals surface area contributed by atoms with E-state index in [0.29, 0.717) is 16.4 Å². The molecule has 0 atom stereocenters. The van der Waals surface area contributed by atoms with Gasteiger partial charge in [0.1, 0.15) is 11.5 Å². The minimum atomic E-state index is -0.738. The number of allylic oxidation sites excluding steroid dienone is 1. The zero-order valence-corrected chi connectivity index (χ0v) is 18.3. The number of aliphatic imine (C=N–C) groups is 2. The van der Waals surface area contributed by atoms with Crippen LogP contribution in [0.4, 0.5) is 5.69 Å². The van der Waals surface area contributed by atoms with Gasteiger partial charge in [0.2, 0.25) is 11.8 Å². The van der Waals surface area contributed by atoms with E-state index in [-0.39, 0.29) is 35.3 Å². The lowest BCUT2D eigenvalue weighted by Crippen LogP contribution is -2.41. The Morgan fingerprint density at radius 1 is 1.38 bits per heavy atom. The molecule has 1 aliphatic heterocycles. The highest BCUT2D eigenvalue weighted by Crippen LogP contribution is 2.33. The van der Waals surface area contributed by atoms with E-state index in [9.17, 15) is 15.2 Å². The molecule has 12 heteroatoms. The monoisotopic (exact) mass is 459 g/mol. The van der Waals surface area contributed by atoms with E-state index in [2.05, 4.69) is 25.9 Å². The van der Waals surface area contributed by atoms with Crippen molar-refractivity contribution in [1.82, 2.24) is 10.6 Å². The molecule has 11 nitrogen and oxygen atoms in total. The van der Waals surface area contributed by atoms with Crippen molar-refractivity contribution in [1.29, 1.82) is 0 Å². The van der Waals surface area contributed by atoms with Crippen LogP contribution < -0.4 is 32.5 Å². The van der Waals surface area contributed by atoms with Crippen molar-refractivity contribution in [2.75, 3.05) is 5.32 Å². The summed E-state index contributed by atoms with van der Waals surface area (Å²) in [7, 11) is 0. The van der Waals surface area contributed by atoms with Crippen molar-refractivity contribution in [3.63, 3.8) is 0 Å². The lowest BCUT2D eigenvalue weighted by Gasteiger charge is -2.26. The first kappa shape index (κ1) is 22.9. The fourth-order valence-corrected chi connectivity index (χ4v) is 3.02. The first-order valence-corrected chi connectivity index (χ1v) is 10.3. The number of amidine groups is 1. The highest BCUT2D eigenvalue weighted by Gasteiger charge is 2.31. The summed E-state index contributed by atoms with van der Waals surface area (Å²) in [5, 5.41) is 33.2. The number of nitrogens with zero attached hydrogens (tertiary/aromatic N) is 3. The van der Waals surface area contributed by atoms with Crippen LogP contribution in [-0.4, -0.2) is 22.8 Å². The number of hydrogen-bond acceptors (Lipinski definition) is 9. The van der Waals surface area contributed by atoms with Crippen LogP contribution >= 0.6 is 11.6 Å². The van der Waals surface area contributed by atoms with Crippen molar-refractivity contribution in [2.45, 2.75) is 32.7 Å². The second kappa shape index (κ2) is 9.60. The second-order valence-electron chi connectivity index (χ2n) is 7.58.